The fourth-order valence-electron chi connectivity index (χ4n) is 2.55. The number of nitro groups is 1. The van der Waals surface area contributed by atoms with Gasteiger partial charge in [-0.25, -0.2) is 4.79 Å². The molecule has 0 spiro atoms. The number of hydrogen-bond acceptors (Lipinski definition) is 5. The van der Waals surface area contributed by atoms with Crippen LogP contribution >= 0.6 is 15.9 Å². The van der Waals surface area contributed by atoms with Crippen molar-refractivity contribution >= 4 is 33.3 Å². The van der Waals surface area contributed by atoms with Crippen molar-refractivity contribution in [2.45, 2.75) is 32.2 Å². The second kappa shape index (κ2) is 6.89. The van der Waals surface area contributed by atoms with E-state index in [1.165, 1.54) is 12.1 Å². The third kappa shape index (κ3) is 3.53. The molecule has 0 aromatic heterocycles. The summed E-state index contributed by atoms with van der Waals surface area (Å²) >= 11 is 3.37. The van der Waals surface area contributed by atoms with E-state index in [-0.39, 0.29) is 17.7 Å². The minimum atomic E-state index is -0.437. The average molecular weight is 357 g/mol. The summed E-state index contributed by atoms with van der Waals surface area (Å²) in [5.74, 6) is -0.234. The van der Waals surface area contributed by atoms with E-state index in [1.54, 1.807) is 13.0 Å². The first kappa shape index (κ1) is 15.8. The van der Waals surface area contributed by atoms with Gasteiger partial charge in [-0.15, -0.1) is 0 Å². The third-order valence-electron chi connectivity index (χ3n) is 3.51. The number of ether oxygens (including phenoxy) is 1. The summed E-state index contributed by atoms with van der Waals surface area (Å²) in [5, 5.41) is 10.8. The minimum absolute atomic E-state index is 0.0234. The van der Waals surface area contributed by atoms with Gasteiger partial charge in [-0.2, -0.15) is 0 Å². The lowest BCUT2D eigenvalue weighted by atomic mass is 10.0. The number of nitro benzene ring substituents is 1. The first-order valence-corrected chi connectivity index (χ1v) is 7.71. The molecule has 0 amide bonds. The smallest absolute Gasteiger partial charge is 0.328 e. The molecule has 1 aliphatic heterocycles. The number of carbonyl (C=O) groups excluding carboxylic acids is 1. The van der Waals surface area contributed by atoms with Crippen LogP contribution in [0.2, 0.25) is 0 Å². The predicted octanol–water partition coefficient (Wildman–Crippen LogP) is 3.28. The molecule has 1 aromatic carbocycles. The SMILES string of the molecule is CCOC(=O)C1CCCCN1c1ccc([N+](=O)[O-])cc1Br. The Morgan fingerprint density at radius 3 is 2.90 bits per heavy atom. The van der Waals surface area contributed by atoms with Crippen LogP contribution in [0.5, 0.6) is 0 Å². The van der Waals surface area contributed by atoms with E-state index in [0.717, 1.165) is 31.5 Å². The van der Waals surface area contributed by atoms with Crippen LogP contribution in [0.4, 0.5) is 11.4 Å². The van der Waals surface area contributed by atoms with Crippen LogP contribution in [0.15, 0.2) is 22.7 Å². The van der Waals surface area contributed by atoms with E-state index in [2.05, 4.69) is 15.9 Å². The van der Waals surface area contributed by atoms with Gasteiger partial charge < -0.3 is 9.64 Å². The molecule has 0 bridgehead atoms. The highest BCUT2D eigenvalue weighted by Gasteiger charge is 2.31. The van der Waals surface area contributed by atoms with Gasteiger partial charge in [0.25, 0.3) is 5.69 Å². The van der Waals surface area contributed by atoms with Crippen LogP contribution < -0.4 is 4.90 Å². The van der Waals surface area contributed by atoms with Gasteiger partial charge in [0.15, 0.2) is 0 Å². The van der Waals surface area contributed by atoms with Crippen molar-refractivity contribution in [1.29, 1.82) is 0 Å². The van der Waals surface area contributed by atoms with E-state index >= 15 is 0 Å². The Morgan fingerprint density at radius 2 is 2.29 bits per heavy atom. The lowest BCUT2D eigenvalue weighted by Gasteiger charge is -2.36. The van der Waals surface area contributed by atoms with E-state index in [9.17, 15) is 14.9 Å². The van der Waals surface area contributed by atoms with E-state index < -0.39 is 4.92 Å². The molecule has 0 N–H and O–H groups in total. The van der Waals surface area contributed by atoms with Gasteiger partial charge in [0.05, 0.1) is 17.2 Å². The Hall–Kier alpha value is -1.63. The molecule has 1 aromatic rings. The van der Waals surface area contributed by atoms with Gasteiger partial charge in [0.2, 0.25) is 0 Å². The quantitative estimate of drug-likeness (QED) is 0.470. The van der Waals surface area contributed by atoms with Crippen LogP contribution in [-0.4, -0.2) is 30.1 Å². The summed E-state index contributed by atoms with van der Waals surface area (Å²) in [6, 6.07) is 4.28. The number of esters is 1. The predicted molar refractivity (Wildman–Crippen MR) is 82.4 cm³/mol. The lowest BCUT2D eigenvalue weighted by Crippen LogP contribution is -2.45. The molecule has 7 heteroatoms. The van der Waals surface area contributed by atoms with Gasteiger partial charge in [-0.3, -0.25) is 10.1 Å². The normalized spacial score (nSPS) is 18.4. The molecule has 2 rings (SSSR count). The summed E-state index contributed by atoms with van der Waals surface area (Å²) < 4.78 is 5.75. The van der Waals surface area contributed by atoms with Crippen LogP contribution in [0.3, 0.4) is 0 Å². The topological polar surface area (TPSA) is 72.7 Å². The molecule has 0 aliphatic carbocycles. The average Bonchev–Trinajstić information content (AvgIpc) is 2.47. The first-order valence-electron chi connectivity index (χ1n) is 6.91. The number of benzene rings is 1. The lowest BCUT2D eigenvalue weighted by molar-refractivity contribution is -0.384. The highest BCUT2D eigenvalue weighted by molar-refractivity contribution is 9.10. The van der Waals surface area contributed by atoms with Crippen LogP contribution in [0.25, 0.3) is 0 Å². The Kier molecular flexibility index (Phi) is 5.17. The van der Waals surface area contributed by atoms with Gasteiger partial charge in [0.1, 0.15) is 6.04 Å². The van der Waals surface area contributed by atoms with E-state index in [1.807, 2.05) is 4.90 Å². The molecule has 21 heavy (non-hydrogen) atoms. The summed E-state index contributed by atoms with van der Waals surface area (Å²) in [6.07, 6.45) is 2.70. The van der Waals surface area contributed by atoms with Gasteiger partial charge in [-0.1, -0.05) is 0 Å². The van der Waals surface area contributed by atoms with Crippen molar-refractivity contribution in [3.8, 4) is 0 Å². The van der Waals surface area contributed by atoms with E-state index in [0.29, 0.717) is 11.1 Å². The number of anilines is 1. The Balaban J connectivity index is 2.29. The van der Waals surface area contributed by atoms with Crippen LogP contribution in [0.1, 0.15) is 26.2 Å². The van der Waals surface area contributed by atoms with E-state index in [4.69, 9.17) is 4.74 Å². The zero-order chi connectivity index (χ0) is 15.4. The van der Waals surface area contributed by atoms with Crippen molar-refractivity contribution in [2.75, 3.05) is 18.1 Å². The zero-order valence-corrected chi connectivity index (χ0v) is 13.3. The Bertz CT molecular complexity index is 550. The molecule has 1 heterocycles. The maximum absolute atomic E-state index is 12.1. The maximum Gasteiger partial charge on any atom is 0.328 e. The number of halogens is 1. The second-order valence-corrected chi connectivity index (χ2v) is 5.70. The van der Waals surface area contributed by atoms with Gasteiger partial charge in [0, 0.05) is 23.2 Å². The molecule has 1 atom stereocenters. The fourth-order valence-corrected chi connectivity index (χ4v) is 3.14. The highest BCUT2D eigenvalue weighted by atomic mass is 79.9. The maximum atomic E-state index is 12.1. The highest BCUT2D eigenvalue weighted by Crippen LogP contribution is 2.34. The second-order valence-electron chi connectivity index (χ2n) is 4.85. The minimum Gasteiger partial charge on any atom is -0.464 e. The molecule has 1 saturated heterocycles. The summed E-state index contributed by atoms with van der Waals surface area (Å²) in [5.41, 5.74) is 0.814. The molecule has 1 fully saturated rings. The number of non-ortho nitro benzene ring substituents is 1. The first-order chi connectivity index (χ1) is 10.0. The number of piperidine rings is 1. The van der Waals surface area contributed by atoms with Crippen molar-refractivity contribution in [2.24, 2.45) is 0 Å². The van der Waals surface area contributed by atoms with Gasteiger partial charge >= 0.3 is 5.97 Å². The third-order valence-corrected chi connectivity index (χ3v) is 4.15. The van der Waals surface area contributed by atoms with Crippen molar-refractivity contribution in [3.63, 3.8) is 0 Å². The molecular weight excluding hydrogens is 340 g/mol. The van der Waals surface area contributed by atoms with Crippen molar-refractivity contribution < 1.29 is 14.5 Å². The van der Waals surface area contributed by atoms with Crippen molar-refractivity contribution in [3.05, 3.63) is 32.8 Å². The summed E-state index contributed by atoms with van der Waals surface area (Å²) in [7, 11) is 0. The number of nitrogens with zero attached hydrogens (tertiary/aromatic N) is 2. The molecule has 1 aliphatic rings. The fraction of sp³-hybridized carbons (Fsp3) is 0.500. The molecule has 114 valence electrons. The Morgan fingerprint density at radius 1 is 1.52 bits per heavy atom. The standard InChI is InChI=1S/C14H17BrN2O4/c1-2-21-14(18)13-5-3-4-8-16(13)12-7-6-10(17(19)20)9-11(12)15/h6-7,9,13H,2-5,8H2,1H3. The largest absolute Gasteiger partial charge is 0.464 e. The number of hydrogen-bond donors (Lipinski definition) is 0. The zero-order valence-electron chi connectivity index (χ0n) is 11.8. The van der Waals surface area contributed by atoms with Crippen molar-refractivity contribution in [1.82, 2.24) is 0 Å². The summed E-state index contributed by atoms with van der Waals surface area (Å²) in [4.78, 5) is 24.4. The van der Waals surface area contributed by atoms with Gasteiger partial charge in [-0.05, 0) is 48.2 Å². The van der Waals surface area contributed by atoms with Crippen LogP contribution in [-0.2, 0) is 9.53 Å². The van der Waals surface area contributed by atoms with Crippen LogP contribution in [0, 0.1) is 10.1 Å². The molecule has 0 radical (unpaired) electrons. The number of carbonyl (C=O) groups is 1. The monoisotopic (exact) mass is 356 g/mol. The molecule has 1 unspecified atom stereocenters. The molecule has 6 nitrogen and oxygen atoms in total. The molecule has 0 saturated carbocycles. The number of rotatable bonds is 4. The summed E-state index contributed by atoms with van der Waals surface area (Å²) in [6.45, 7) is 2.87. The molecular formula is C14H17BrN2O4. The Labute approximate surface area is 131 Å².